The van der Waals surface area contributed by atoms with Crippen LogP contribution in [0.2, 0.25) is 0 Å². The van der Waals surface area contributed by atoms with Crippen LogP contribution in [-0.4, -0.2) is 17.5 Å². The van der Waals surface area contributed by atoms with Crippen LogP contribution in [0, 0.1) is 0 Å². The maximum absolute atomic E-state index is 8.52. The molecule has 0 aromatic carbocycles. The minimum atomic E-state index is -5.17. The Morgan fingerprint density at radius 1 is 1.00 bits per heavy atom. The summed E-state index contributed by atoms with van der Waals surface area (Å²) in [6, 6.07) is 0. The Kier molecular flexibility index (Phi) is 25.0. The molecule has 0 N–H and O–H groups in total. The molecule has 0 saturated carbocycles. The molecule has 0 amide bonds. The van der Waals surface area contributed by atoms with E-state index in [9.17, 15) is 0 Å². The molecule has 0 aromatic heterocycles. The molecule has 0 radical (unpaired) electrons. The fourth-order valence-corrected chi connectivity index (χ4v) is 0. The van der Waals surface area contributed by atoms with Crippen molar-refractivity contribution >= 4 is 10.4 Å². The van der Waals surface area contributed by atoms with Crippen molar-refractivity contribution in [3.63, 3.8) is 0 Å². The zero-order chi connectivity index (χ0) is 4.50. The van der Waals surface area contributed by atoms with E-state index in [1.807, 2.05) is 0 Å². The molecule has 8 heavy (non-hydrogen) atoms. The van der Waals surface area contributed by atoms with E-state index < -0.39 is 10.4 Å². The van der Waals surface area contributed by atoms with Gasteiger partial charge in [0.1, 0.15) is 0 Å². The van der Waals surface area contributed by atoms with Crippen LogP contribution in [-0.2, 0) is 10.4 Å². The van der Waals surface area contributed by atoms with Gasteiger partial charge in [0.25, 0.3) is 0 Å². The van der Waals surface area contributed by atoms with E-state index in [1.54, 1.807) is 0 Å². The molecule has 0 atom stereocenters. The molecule has 0 fully saturated rings. The molecule has 0 unspecified atom stereocenters. The molecule has 0 aliphatic rings. The predicted molar refractivity (Wildman–Crippen MR) is 17.2 cm³/mol. The standard InChI is InChI=1S/CH4.2Na.H2O4S/c;;;1-5(2,3)4/h1H4;;;(H2,1,2,3,4)/q;2*+1;/p-2. The first-order valence-electron chi connectivity index (χ1n) is 0.667. The molecular weight excluding hydrogens is 154 g/mol. The summed E-state index contributed by atoms with van der Waals surface area (Å²) in [7, 11) is -5.17. The van der Waals surface area contributed by atoms with Crippen LogP contribution in [0.25, 0.3) is 0 Å². The Morgan fingerprint density at radius 2 is 1.00 bits per heavy atom. The molecular formula is CH4Na2O4S. The molecule has 0 aromatic rings. The summed E-state index contributed by atoms with van der Waals surface area (Å²) >= 11 is 0. The smallest absolute Gasteiger partial charge is 0.759 e. The number of rotatable bonds is 0. The van der Waals surface area contributed by atoms with E-state index in [0.29, 0.717) is 0 Å². The maximum Gasteiger partial charge on any atom is 1.00 e. The van der Waals surface area contributed by atoms with Crippen molar-refractivity contribution in [2.45, 2.75) is 7.43 Å². The Balaban J connectivity index is -0.0000000267. The Labute approximate surface area is 93.2 Å². The van der Waals surface area contributed by atoms with Gasteiger partial charge >= 0.3 is 59.1 Å². The van der Waals surface area contributed by atoms with E-state index in [0.717, 1.165) is 0 Å². The van der Waals surface area contributed by atoms with Crippen LogP contribution in [0.5, 0.6) is 0 Å². The monoisotopic (exact) mass is 158 g/mol. The summed E-state index contributed by atoms with van der Waals surface area (Å²) in [6.07, 6.45) is 0. The van der Waals surface area contributed by atoms with E-state index in [1.165, 1.54) is 0 Å². The van der Waals surface area contributed by atoms with E-state index >= 15 is 0 Å². The van der Waals surface area contributed by atoms with Crippen LogP contribution >= 0.6 is 0 Å². The predicted octanol–water partition coefficient (Wildman–Crippen LogP) is -6.69. The van der Waals surface area contributed by atoms with Gasteiger partial charge in [-0.05, 0) is 0 Å². The SMILES string of the molecule is C.O=S(=O)([O-])[O-].[Na+].[Na+]. The minimum absolute atomic E-state index is 0. The molecule has 0 bridgehead atoms. The van der Waals surface area contributed by atoms with E-state index in [2.05, 4.69) is 0 Å². The van der Waals surface area contributed by atoms with E-state index in [4.69, 9.17) is 17.5 Å². The minimum Gasteiger partial charge on any atom is -0.759 e. The van der Waals surface area contributed by atoms with Crippen LogP contribution < -0.4 is 59.1 Å². The maximum atomic E-state index is 8.52. The Morgan fingerprint density at radius 3 is 1.00 bits per heavy atom. The third-order valence-corrected chi connectivity index (χ3v) is 0. The molecule has 4 nitrogen and oxygen atoms in total. The second kappa shape index (κ2) is 8.87. The first-order valence-corrected chi connectivity index (χ1v) is 2.00. The van der Waals surface area contributed by atoms with Gasteiger partial charge < -0.3 is 9.11 Å². The average molecular weight is 158 g/mol. The van der Waals surface area contributed by atoms with Crippen molar-refractivity contribution in [1.82, 2.24) is 0 Å². The van der Waals surface area contributed by atoms with Gasteiger partial charge in [-0.1, -0.05) is 7.43 Å². The number of hydrogen-bond donors (Lipinski definition) is 0. The van der Waals surface area contributed by atoms with Crippen molar-refractivity contribution in [2.24, 2.45) is 0 Å². The van der Waals surface area contributed by atoms with Gasteiger partial charge in [0.05, 0.1) is 0 Å². The fourth-order valence-electron chi connectivity index (χ4n) is 0. The second-order valence-corrected chi connectivity index (χ2v) is 1.22. The molecule has 0 heterocycles. The van der Waals surface area contributed by atoms with Gasteiger partial charge in [-0.2, -0.15) is 0 Å². The molecule has 0 rings (SSSR count). The van der Waals surface area contributed by atoms with Crippen LogP contribution in [0.1, 0.15) is 7.43 Å². The molecule has 0 spiro atoms. The summed E-state index contributed by atoms with van der Waals surface area (Å²) in [5, 5.41) is 0. The Hall–Kier alpha value is 1.87. The van der Waals surface area contributed by atoms with E-state index in [-0.39, 0.29) is 66.5 Å². The van der Waals surface area contributed by atoms with Crippen molar-refractivity contribution < 1.29 is 76.6 Å². The topological polar surface area (TPSA) is 80.3 Å². The molecule has 0 saturated heterocycles. The van der Waals surface area contributed by atoms with Gasteiger partial charge in [0.2, 0.25) is 0 Å². The van der Waals surface area contributed by atoms with Gasteiger partial charge in [0.15, 0.2) is 0 Å². The normalized spacial score (nSPS) is 7.25. The zero-order valence-electron chi connectivity index (χ0n) is 4.04. The molecule has 0 aliphatic carbocycles. The van der Waals surface area contributed by atoms with Crippen molar-refractivity contribution in [3.8, 4) is 0 Å². The summed E-state index contributed by atoms with van der Waals surface area (Å²) in [5.74, 6) is 0. The zero-order valence-corrected chi connectivity index (χ0v) is 8.86. The second-order valence-electron chi connectivity index (χ2n) is 0.408. The first-order chi connectivity index (χ1) is 2.00. The van der Waals surface area contributed by atoms with Gasteiger partial charge in [-0.3, -0.25) is 8.42 Å². The van der Waals surface area contributed by atoms with Gasteiger partial charge in [0, 0.05) is 10.4 Å². The van der Waals surface area contributed by atoms with Gasteiger partial charge in [-0.15, -0.1) is 0 Å². The average Bonchev–Trinajstić information content (AvgIpc) is 0.722. The van der Waals surface area contributed by atoms with Crippen LogP contribution in [0.4, 0.5) is 0 Å². The molecule has 40 valence electrons. The summed E-state index contributed by atoms with van der Waals surface area (Å²) in [5.41, 5.74) is 0. The Bertz CT molecular complexity index is 97.2. The largest absolute Gasteiger partial charge is 1.00 e. The summed E-state index contributed by atoms with van der Waals surface area (Å²) in [4.78, 5) is 0. The molecule has 7 heteroatoms. The van der Waals surface area contributed by atoms with Crippen LogP contribution in [0.3, 0.4) is 0 Å². The fraction of sp³-hybridized carbons (Fsp3) is 1.00. The van der Waals surface area contributed by atoms with Crippen molar-refractivity contribution in [1.29, 1.82) is 0 Å². The third-order valence-electron chi connectivity index (χ3n) is 0. The number of hydrogen-bond acceptors (Lipinski definition) is 4. The summed E-state index contributed by atoms with van der Waals surface area (Å²) < 4.78 is 34.1. The first kappa shape index (κ1) is 22.5. The van der Waals surface area contributed by atoms with Crippen molar-refractivity contribution in [2.75, 3.05) is 0 Å². The van der Waals surface area contributed by atoms with Crippen LogP contribution in [0.15, 0.2) is 0 Å². The quantitative estimate of drug-likeness (QED) is 0.199. The summed E-state index contributed by atoms with van der Waals surface area (Å²) in [6.45, 7) is 0. The van der Waals surface area contributed by atoms with Gasteiger partial charge in [-0.25, -0.2) is 0 Å². The molecule has 0 aliphatic heterocycles. The van der Waals surface area contributed by atoms with Crippen molar-refractivity contribution in [3.05, 3.63) is 0 Å². The third kappa shape index (κ3) is 106.